The molecule has 0 spiro atoms. The molecule has 8 nitrogen and oxygen atoms in total. The number of nitrogens with zero attached hydrogens (tertiary/aromatic N) is 2. The number of anilines is 1. The summed E-state index contributed by atoms with van der Waals surface area (Å²) in [7, 11) is 1.64. The highest BCUT2D eigenvalue weighted by molar-refractivity contribution is 6.00. The van der Waals surface area contributed by atoms with Gasteiger partial charge in [-0.15, -0.1) is 0 Å². The number of carbonyl (C=O) groups is 2. The lowest BCUT2D eigenvalue weighted by Crippen LogP contribution is -2.39. The van der Waals surface area contributed by atoms with E-state index in [1.165, 1.54) is 0 Å². The first-order valence-electron chi connectivity index (χ1n) is 12.1. The van der Waals surface area contributed by atoms with Crippen molar-refractivity contribution in [2.24, 2.45) is 0 Å². The number of fused-ring (bicyclic) bond motifs is 1. The van der Waals surface area contributed by atoms with Crippen LogP contribution in [0, 0.1) is 6.92 Å². The van der Waals surface area contributed by atoms with E-state index in [4.69, 9.17) is 4.74 Å². The lowest BCUT2D eigenvalue weighted by atomic mass is 10.1. The van der Waals surface area contributed by atoms with Crippen LogP contribution in [0.25, 0.3) is 10.9 Å². The second kappa shape index (κ2) is 11.7. The zero-order valence-electron chi connectivity index (χ0n) is 20.3. The summed E-state index contributed by atoms with van der Waals surface area (Å²) >= 11 is 0. The summed E-state index contributed by atoms with van der Waals surface area (Å²) in [5.74, 6) is 0.891. The molecule has 4 rings (SSSR count). The third-order valence-corrected chi connectivity index (χ3v) is 6.24. The van der Waals surface area contributed by atoms with Crippen LogP contribution in [0.3, 0.4) is 0 Å². The van der Waals surface area contributed by atoms with E-state index in [2.05, 4.69) is 25.8 Å². The maximum Gasteiger partial charge on any atom is 0.319 e. The van der Waals surface area contributed by atoms with Gasteiger partial charge in [0.05, 0.1) is 18.3 Å². The fourth-order valence-corrected chi connectivity index (χ4v) is 4.41. The van der Waals surface area contributed by atoms with E-state index >= 15 is 0 Å². The predicted octanol–water partition coefficient (Wildman–Crippen LogP) is 3.50. The van der Waals surface area contributed by atoms with E-state index in [0.29, 0.717) is 19.4 Å². The number of hydrogen-bond donors (Lipinski definition) is 3. The molecule has 35 heavy (non-hydrogen) atoms. The molecule has 1 aliphatic rings. The van der Waals surface area contributed by atoms with Crippen LogP contribution in [0.4, 0.5) is 10.5 Å². The number of pyridine rings is 1. The SMILES string of the molecule is COc1ccc(CCC(=O)NC2CCN(CCNC(=O)Nc3cc(C)nc4ccccc34)C2)cc1. The Morgan fingerprint density at radius 3 is 2.74 bits per heavy atom. The number of likely N-dealkylation sites (tertiary alicyclic amines) is 1. The average molecular weight is 476 g/mol. The first-order chi connectivity index (χ1) is 17.0. The molecule has 1 atom stereocenters. The average Bonchev–Trinajstić information content (AvgIpc) is 3.30. The molecule has 8 heteroatoms. The van der Waals surface area contributed by atoms with Gasteiger partial charge in [-0.1, -0.05) is 30.3 Å². The lowest BCUT2D eigenvalue weighted by molar-refractivity contribution is -0.121. The molecule has 0 bridgehead atoms. The van der Waals surface area contributed by atoms with Gasteiger partial charge in [0, 0.05) is 49.7 Å². The molecule has 2 aromatic carbocycles. The molecular weight excluding hydrogens is 442 g/mol. The Kier molecular flexibility index (Phi) is 8.15. The second-order valence-corrected chi connectivity index (χ2v) is 8.91. The summed E-state index contributed by atoms with van der Waals surface area (Å²) in [4.78, 5) is 31.6. The normalized spacial score (nSPS) is 15.7. The maximum atomic E-state index is 12.5. The number of methoxy groups -OCH3 is 1. The van der Waals surface area contributed by atoms with Crippen molar-refractivity contribution in [1.82, 2.24) is 20.5 Å². The van der Waals surface area contributed by atoms with Gasteiger partial charge in [0.25, 0.3) is 0 Å². The molecule has 0 aliphatic carbocycles. The van der Waals surface area contributed by atoms with Crippen molar-refractivity contribution >= 4 is 28.5 Å². The summed E-state index contributed by atoms with van der Waals surface area (Å²) in [5, 5.41) is 9.94. The summed E-state index contributed by atoms with van der Waals surface area (Å²) < 4.78 is 5.17. The van der Waals surface area contributed by atoms with Crippen molar-refractivity contribution in [3.05, 3.63) is 65.9 Å². The van der Waals surface area contributed by atoms with Crippen molar-refractivity contribution in [1.29, 1.82) is 0 Å². The Morgan fingerprint density at radius 1 is 1.14 bits per heavy atom. The summed E-state index contributed by atoms with van der Waals surface area (Å²) in [6.07, 6.45) is 2.09. The van der Waals surface area contributed by atoms with Crippen molar-refractivity contribution in [3.63, 3.8) is 0 Å². The smallest absolute Gasteiger partial charge is 0.319 e. The van der Waals surface area contributed by atoms with Crippen molar-refractivity contribution < 1.29 is 14.3 Å². The number of aryl methyl sites for hydroxylation is 2. The number of carbonyl (C=O) groups excluding carboxylic acids is 2. The third kappa shape index (κ3) is 6.93. The molecule has 1 unspecified atom stereocenters. The monoisotopic (exact) mass is 475 g/mol. The number of rotatable bonds is 9. The molecule has 3 amide bonds. The van der Waals surface area contributed by atoms with E-state index in [0.717, 1.165) is 59.7 Å². The number of benzene rings is 2. The second-order valence-electron chi connectivity index (χ2n) is 8.91. The molecule has 1 saturated heterocycles. The van der Waals surface area contributed by atoms with Crippen LogP contribution < -0.4 is 20.7 Å². The van der Waals surface area contributed by atoms with Crippen LogP contribution in [0.2, 0.25) is 0 Å². The van der Waals surface area contributed by atoms with Crippen LogP contribution in [0.1, 0.15) is 24.1 Å². The molecule has 1 fully saturated rings. The van der Waals surface area contributed by atoms with Gasteiger partial charge >= 0.3 is 6.03 Å². The number of urea groups is 1. The number of hydrogen-bond acceptors (Lipinski definition) is 5. The Labute approximate surface area is 206 Å². The molecule has 1 aromatic heterocycles. The van der Waals surface area contributed by atoms with E-state index in [9.17, 15) is 9.59 Å². The van der Waals surface area contributed by atoms with E-state index < -0.39 is 0 Å². The van der Waals surface area contributed by atoms with Gasteiger partial charge in [-0.3, -0.25) is 14.7 Å². The summed E-state index contributed by atoms with van der Waals surface area (Å²) in [6, 6.07) is 17.4. The van der Waals surface area contributed by atoms with Gasteiger partial charge in [-0.25, -0.2) is 4.79 Å². The largest absolute Gasteiger partial charge is 0.497 e. The van der Waals surface area contributed by atoms with Gasteiger partial charge in [-0.05, 0) is 49.6 Å². The predicted molar refractivity (Wildman–Crippen MR) is 138 cm³/mol. The topological polar surface area (TPSA) is 95.6 Å². The molecule has 184 valence electrons. The van der Waals surface area contributed by atoms with Crippen LogP contribution >= 0.6 is 0 Å². The summed E-state index contributed by atoms with van der Waals surface area (Å²) in [5.41, 5.74) is 3.59. The molecule has 1 aliphatic heterocycles. The van der Waals surface area contributed by atoms with E-state index in [1.54, 1.807) is 7.11 Å². The minimum atomic E-state index is -0.233. The van der Waals surface area contributed by atoms with Gasteiger partial charge in [0.1, 0.15) is 5.75 Å². The molecular formula is C27H33N5O3. The number of para-hydroxylation sites is 1. The van der Waals surface area contributed by atoms with Gasteiger partial charge < -0.3 is 20.7 Å². The number of nitrogens with one attached hydrogen (secondary N) is 3. The first kappa shape index (κ1) is 24.5. The van der Waals surface area contributed by atoms with Crippen LogP contribution in [0.5, 0.6) is 5.75 Å². The lowest BCUT2D eigenvalue weighted by Gasteiger charge is -2.17. The Hall–Kier alpha value is -3.65. The Bertz CT molecular complexity index is 1170. The van der Waals surface area contributed by atoms with Crippen molar-refractivity contribution in [2.75, 3.05) is 38.6 Å². The fourth-order valence-electron chi connectivity index (χ4n) is 4.41. The van der Waals surface area contributed by atoms with Gasteiger partial charge in [0.15, 0.2) is 0 Å². The number of ether oxygens (including phenoxy) is 1. The quantitative estimate of drug-likeness (QED) is 0.440. The zero-order valence-corrected chi connectivity index (χ0v) is 20.3. The van der Waals surface area contributed by atoms with E-state index in [-0.39, 0.29) is 18.0 Å². The molecule has 2 heterocycles. The fraction of sp³-hybridized carbons (Fsp3) is 0.370. The highest BCUT2D eigenvalue weighted by Gasteiger charge is 2.23. The van der Waals surface area contributed by atoms with Crippen molar-refractivity contribution in [2.45, 2.75) is 32.2 Å². The van der Waals surface area contributed by atoms with Gasteiger partial charge in [0.2, 0.25) is 5.91 Å². The number of amides is 3. The van der Waals surface area contributed by atoms with E-state index in [1.807, 2.05) is 61.5 Å². The molecule has 0 radical (unpaired) electrons. The first-order valence-corrected chi connectivity index (χ1v) is 12.1. The van der Waals surface area contributed by atoms with Crippen molar-refractivity contribution in [3.8, 4) is 5.75 Å². The number of aromatic nitrogens is 1. The molecule has 3 N–H and O–H groups in total. The Balaban J connectivity index is 1.15. The molecule has 0 saturated carbocycles. The standard InChI is InChI=1S/C27H33N5O3/c1-19-17-25(23-5-3-4-6-24(23)29-19)31-27(34)28-14-16-32-15-13-21(18-32)30-26(33)12-9-20-7-10-22(35-2)11-8-20/h3-8,10-11,17,21H,9,12-16,18H2,1-2H3,(H,30,33)(H2,28,29,31,34). The highest BCUT2D eigenvalue weighted by atomic mass is 16.5. The van der Waals surface area contributed by atoms with Crippen LogP contribution in [-0.4, -0.2) is 61.2 Å². The zero-order chi connectivity index (χ0) is 24.6. The third-order valence-electron chi connectivity index (χ3n) is 6.24. The van der Waals surface area contributed by atoms with Gasteiger partial charge in [-0.2, -0.15) is 0 Å². The molecule has 3 aromatic rings. The minimum Gasteiger partial charge on any atom is -0.497 e. The summed E-state index contributed by atoms with van der Waals surface area (Å²) in [6.45, 7) is 4.89. The minimum absolute atomic E-state index is 0.0741. The van der Waals surface area contributed by atoms with Crippen LogP contribution in [0.15, 0.2) is 54.6 Å². The Morgan fingerprint density at radius 2 is 1.94 bits per heavy atom. The maximum absolute atomic E-state index is 12.5. The highest BCUT2D eigenvalue weighted by Crippen LogP contribution is 2.22. The van der Waals surface area contributed by atoms with Crippen LogP contribution in [-0.2, 0) is 11.2 Å².